The number of hydrogen-bond acceptors (Lipinski definition) is 3. The summed E-state index contributed by atoms with van der Waals surface area (Å²) < 4.78 is 5.73. The molecule has 0 unspecified atom stereocenters. The lowest BCUT2D eigenvalue weighted by Crippen LogP contribution is -1.98. The van der Waals surface area contributed by atoms with Crippen molar-refractivity contribution in [1.29, 1.82) is 0 Å². The third kappa shape index (κ3) is 3.00. The first-order valence-electron chi connectivity index (χ1n) is 6.81. The maximum Gasteiger partial charge on any atom is 0.288 e. The zero-order valence-corrected chi connectivity index (χ0v) is 12.1. The summed E-state index contributed by atoms with van der Waals surface area (Å²) in [5, 5.41) is 11.0. The van der Waals surface area contributed by atoms with E-state index in [1.54, 1.807) is 6.07 Å². The van der Waals surface area contributed by atoms with Crippen molar-refractivity contribution < 1.29 is 9.66 Å². The van der Waals surface area contributed by atoms with Crippen LogP contribution in [0, 0.1) is 10.1 Å². The Morgan fingerprint density at radius 2 is 1.95 bits per heavy atom. The molecule has 0 aromatic heterocycles. The van der Waals surface area contributed by atoms with E-state index < -0.39 is 4.92 Å². The van der Waals surface area contributed by atoms with Crippen LogP contribution in [-0.2, 0) is 19.4 Å². The van der Waals surface area contributed by atoms with Crippen LogP contribution in [0.25, 0.3) is 0 Å². The molecule has 0 heterocycles. The number of nitro benzene ring substituents is 1. The van der Waals surface area contributed by atoms with Gasteiger partial charge in [0.25, 0.3) is 5.69 Å². The molecule has 0 atom stereocenters. The van der Waals surface area contributed by atoms with E-state index in [0.29, 0.717) is 0 Å². The summed E-state index contributed by atoms with van der Waals surface area (Å²) in [6, 6.07) is 10.8. The van der Waals surface area contributed by atoms with Crippen molar-refractivity contribution in [2.45, 2.75) is 25.9 Å². The molecule has 0 bridgehead atoms. The fourth-order valence-electron chi connectivity index (χ4n) is 2.59. The monoisotopic (exact) mass is 303 g/mol. The van der Waals surface area contributed by atoms with Gasteiger partial charge in [-0.2, -0.15) is 0 Å². The molecule has 5 heteroatoms. The molecular formula is C16H14ClNO3. The summed E-state index contributed by atoms with van der Waals surface area (Å²) in [6.07, 6.45) is 3.43. The van der Waals surface area contributed by atoms with Crippen molar-refractivity contribution in [3.63, 3.8) is 0 Å². The molecule has 4 nitrogen and oxygen atoms in total. The maximum absolute atomic E-state index is 10.9. The van der Waals surface area contributed by atoms with Crippen LogP contribution < -0.4 is 4.74 Å². The lowest BCUT2D eigenvalue weighted by Gasteiger charge is -2.08. The Balaban J connectivity index is 1.73. The van der Waals surface area contributed by atoms with Gasteiger partial charge in [0.1, 0.15) is 17.4 Å². The highest BCUT2D eigenvalue weighted by atomic mass is 35.5. The van der Waals surface area contributed by atoms with Crippen molar-refractivity contribution in [3.8, 4) is 5.75 Å². The number of aryl methyl sites for hydroxylation is 2. The molecular weight excluding hydrogens is 290 g/mol. The van der Waals surface area contributed by atoms with Crippen molar-refractivity contribution in [2.75, 3.05) is 0 Å². The van der Waals surface area contributed by atoms with Crippen LogP contribution in [0.5, 0.6) is 5.75 Å². The van der Waals surface area contributed by atoms with Crippen molar-refractivity contribution in [3.05, 3.63) is 68.2 Å². The molecule has 3 rings (SSSR count). The van der Waals surface area contributed by atoms with E-state index in [0.717, 1.165) is 24.2 Å². The Morgan fingerprint density at radius 3 is 2.76 bits per heavy atom. The third-order valence-corrected chi connectivity index (χ3v) is 4.00. The topological polar surface area (TPSA) is 52.4 Å². The van der Waals surface area contributed by atoms with E-state index in [-0.39, 0.29) is 17.3 Å². The molecule has 21 heavy (non-hydrogen) atoms. The highest BCUT2D eigenvalue weighted by Crippen LogP contribution is 2.28. The summed E-state index contributed by atoms with van der Waals surface area (Å²) in [4.78, 5) is 10.4. The molecule has 0 fully saturated rings. The van der Waals surface area contributed by atoms with E-state index in [9.17, 15) is 10.1 Å². The van der Waals surface area contributed by atoms with Gasteiger partial charge in [-0.15, -0.1) is 0 Å². The smallest absolute Gasteiger partial charge is 0.288 e. The number of rotatable bonds is 4. The molecule has 0 spiro atoms. The van der Waals surface area contributed by atoms with Crippen LogP contribution in [0.3, 0.4) is 0 Å². The van der Waals surface area contributed by atoms with Gasteiger partial charge in [-0.3, -0.25) is 10.1 Å². The lowest BCUT2D eigenvalue weighted by molar-refractivity contribution is -0.384. The average molecular weight is 304 g/mol. The van der Waals surface area contributed by atoms with Crippen LogP contribution in [0.2, 0.25) is 5.02 Å². The number of benzene rings is 2. The number of halogens is 1. The first-order chi connectivity index (χ1) is 10.1. The fourth-order valence-corrected chi connectivity index (χ4v) is 2.78. The SMILES string of the molecule is O=[N+]([O-])c1cc(COc2ccc3c(c2)CCC3)ccc1Cl. The predicted molar refractivity (Wildman–Crippen MR) is 80.9 cm³/mol. The van der Waals surface area contributed by atoms with Crippen LogP contribution >= 0.6 is 11.6 Å². The number of hydrogen-bond donors (Lipinski definition) is 0. The van der Waals surface area contributed by atoms with Gasteiger partial charge < -0.3 is 4.74 Å². The van der Waals surface area contributed by atoms with Crippen LogP contribution in [-0.4, -0.2) is 4.92 Å². The number of fused-ring (bicyclic) bond motifs is 1. The molecule has 2 aromatic rings. The molecule has 0 amide bonds. The van der Waals surface area contributed by atoms with Crippen molar-refractivity contribution in [2.24, 2.45) is 0 Å². The maximum atomic E-state index is 10.9. The minimum absolute atomic E-state index is 0.0910. The third-order valence-electron chi connectivity index (χ3n) is 3.68. The minimum Gasteiger partial charge on any atom is -0.489 e. The number of ether oxygens (including phenoxy) is 1. The Hall–Kier alpha value is -2.07. The summed E-state index contributed by atoms with van der Waals surface area (Å²) in [7, 11) is 0. The minimum atomic E-state index is -0.485. The molecule has 108 valence electrons. The van der Waals surface area contributed by atoms with E-state index in [1.807, 2.05) is 6.07 Å². The fraction of sp³-hybridized carbons (Fsp3) is 0.250. The largest absolute Gasteiger partial charge is 0.489 e. The second kappa shape index (κ2) is 5.74. The van der Waals surface area contributed by atoms with Crippen LogP contribution in [0.4, 0.5) is 5.69 Å². The molecule has 0 aliphatic heterocycles. The molecule has 0 saturated heterocycles. The molecule has 1 aliphatic rings. The van der Waals surface area contributed by atoms with Gasteiger partial charge in [0, 0.05) is 6.07 Å². The Kier molecular flexibility index (Phi) is 3.80. The number of nitro groups is 1. The molecule has 0 N–H and O–H groups in total. The van der Waals surface area contributed by atoms with Crippen molar-refractivity contribution in [1.82, 2.24) is 0 Å². The van der Waals surface area contributed by atoms with E-state index >= 15 is 0 Å². The average Bonchev–Trinajstić information content (AvgIpc) is 2.93. The Bertz CT molecular complexity index is 700. The summed E-state index contributed by atoms with van der Waals surface area (Å²) in [6.45, 7) is 0.288. The Morgan fingerprint density at radius 1 is 1.14 bits per heavy atom. The highest BCUT2D eigenvalue weighted by molar-refractivity contribution is 6.32. The van der Waals surface area contributed by atoms with Gasteiger partial charge in [-0.05, 0) is 54.2 Å². The molecule has 1 aliphatic carbocycles. The van der Waals surface area contributed by atoms with Crippen molar-refractivity contribution >= 4 is 17.3 Å². The summed E-state index contributed by atoms with van der Waals surface area (Å²) in [5.41, 5.74) is 3.37. The van der Waals surface area contributed by atoms with Gasteiger partial charge in [-0.1, -0.05) is 23.7 Å². The van der Waals surface area contributed by atoms with E-state index in [1.165, 1.54) is 29.7 Å². The van der Waals surface area contributed by atoms with Gasteiger partial charge in [-0.25, -0.2) is 0 Å². The molecule has 0 radical (unpaired) electrons. The van der Waals surface area contributed by atoms with Gasteiger partial charge in [0.2, 0.25) is 0 Å². The van der Waals surface area contributed by atoms with E-state index in [4.69, 9.17) is 16.3 Å². The first kappa shape index (κ1) is 13.9. The predicted octanol–water partition coefficient (Wildman–Crippen LogP) is 4.32. The second-order valence-electron chi connectivity index (χ2n) is 5.12. The standard InChI is InChI=1S/C16H14ClNO3/c17-15-7-4-11(8-16(15)18(19)20)10-21-14-6-5-12-2-1-3-13(12)9-14/h4-9H,1-3,10H2. The zero-order chi connectivity index (χ0) is 14.8. The van der Waals surface area contributed by atoms with Crippen LogP contribution in [0.1, 0.15) is 23.1 Å². The second-order valence-corrected chi connectivity index (χ2v) is 5.52. The first-order valence-corrected chi connectivity index (χ1v) is 7.19. The molecule has 0 saturated carbocycles. The number of nitrogens with zero attached hydrogens (tertiary/aromatic N) is 1. The summed E-state index contributed by atoms with van der Waals surface area (Å²) in [5.74, 6) is 0.799. The zero-order valence-electron chi connectivity index (χ0n) is 11.3. The van der Waals surface area contributed by atoms with Crippen LogP contribution in [0.15, 0.2) is 36.4 Å². The lowest BCUT2D eigenvalue weighted by atomic mass is 10.1. The highest BCUT2D eigenvalue weighted by Gasteiger charge is 2.14. The van der Waals surface area contributed by atoms with E-state index in [2.05, 4.69) is 12.1 Å². The van der Waals surface area contributed by atoms with Gasteiger partial charge in [0.05, 0.1) is 4.92 Å². The molecule has 2 aromatic carbocycles. The summed E-state index contributed by atoms with van der Waals surface area (Å²) >= 11 is 5.79. The Labute approximate surface area is 127 Å². The van der Waals surface area contributed by atoms with Gasteiger partial charge in [0.15, 0.2) is 0 Å². The van der Waals surface area contributed by atoms with Gasteiger partial charge >= 0.3 is 0 Å². The normalized spacial score (nSPS) is 13.0. The quantitative estimate of drug-likeness (QED) is 0.624.